The molecule has 1 aromatic rings. The Balaban J connectivity index is 2.02. The van der Waals surface area contributed by atoms with Gasteiger partial charge in [0.15, 0.2) is 0 Å². The van der Waals surface area contributed by atoms with Crippen molar-refractivity contribution in [2.75, 3.05) is 13.1 Å². The van der Waals surface area contributed by atoms with Gasteiger partial charge in [-0.05, 0) is 31.9 Å². The molecular weight excluding hydrogens is 252 g/mol. The van der Waals surface area contributed by atoms with Crippen molar-refractivity contribution in [3.05, 3.63) is 35.4 Å². The van der Waals surface area contributed by atoms with Crippen molar-refractivity contribution in [3.63, 3.8) is 0 Å². The standard InChI is InChI=1S/C14H17F2NO2/c1-14(19)5-7-17(8-6-14)13(18)9-10-11(15)3-2-4-12(10)16/h2-4,19H,5-9H2,1H3. The molecule has 5 heteroatoms. The number of aliphatic hydroxyl groups is 1. The van der Waals surface area contributed by atoms with Gasteiger partial charge in [0.1, 0.15) is 11.6 Å². The van der Waals surface area contributed by atoms with Gasteiger partial charge in [0.2, 0.25) is 5.91 Å². The second-order valence-corrected chi connectivity index (χ2v) is 5.25. The lowest BCUT2D eigenvalue weighted by molar-refractivity contribution is -0.134. The van der Waals surface area contributed by atoms with Crippen molar-refractivity contribution in [3.8, 4) is 0 Å². The Morgan fingerprint density at radius 3 is 2.37 bits per heavy atom. The smallest absolute Gasteiger partial charge is 0.227 e. The maximum Gasteiger partial charge on any atom is 0.227 e. The van der Waals surface area contributed by atoms with Gasteiger partial charge in [0.25, 0.3) is 0 Å². The van der Waals surface area contributed by atoms with Crippen molar-refractivity contribution in [1.29, 1.82) is 0 Å². The molecule has 2 rings (SSSR count). The molecule has 1 fully saturated rings. The number of likely N-dealkylation sites (tertiary alicyclic amines) is 1. The summed E-state index contributed by atoms with van der Waals surface area (Å²) in [5.74, 6) is -1.70. The highest BCUT2D eigenvalue weighted by Gasteiger charge is 2.30. The number of hydrogen-bond donors (Lipinski definition) is 1. The SMILES string of the molecule is CC1(O)CCN(C(=O)Cc2c(F)cccc2F)CC1. The van der Waals surface area contributed by atoms with E-state index in [9.17, 15) is 18.7 Å². The van der Waals surface area contributed by atoms with Gasteiger partial charge in [0, 0.05) is 18.7 Å². The first-order valence-corrected chi connectivity index (χ1v) is 6.32. The molecule has 1 amide bonds. The van der Waals surface area contributed by atoms with E-state index in [4.69, 9.17) is 0 Å². The molecule has 0 unspecified atom stereocenters. The fraction of sp³-hybridized carbons (Fsp3) is 0.500. The van der Waals surface area contributed by atoms with Crippen molar-refractivity contribution < 1.29 is 18.7 Å². The first kappa shape index (κ1) is 13.9. The van der Waals surface area contributed by atoms with Gasteiger partial charge in [-0.25, -0.2) is 8.78 Å². The molecule has 0 aromatic heterocycles. The first-order valence-electron chi connectivity index (χ1n) is 6.32. The monoisotopic (exact) mass is 269 g/mol. The molecule has 1 aliphatic heterocycles. The Labute approximate surface area is 110 Å². The molecule has 1 N–H and O–H groups in total. The highest BCUT2D eigenvalue weighted by Crippen LogP contribution is 2.22. The number of benzene rings is 1. The number of carbonyl (C=O) groups excluding carboxylic acids is 1. The third kappa shape index (κ3) is 3.29. The highest BCUT2D eigenvalue weighted by molar-refractivity contribution is 5.79. The highest BCUT2D eigenvalue weighted by atomic mass is 19.1. The van der Waals surface area contributed by atoms with Crippen LogP contribution >= 0.6 is 0 Å². The van der Waals surface area contributed by atoms with E-state index in [1.807, 2.05) is 0 Å². The Hall–Kier alpha value is -1.49. The lowest BCUT2D eigenvalue weighted by Gasteiger charge is -2.35. The van der Waals surface area contributed by atoms with Crippen molar-refractivity contribution in [2.24, 2.45) is 0 Å². The maximum atomic E-state index is 13.5. The molecular formula is C14H17F2NO2. The molecule has 0 saturated carbocycles. The second kappa shape index (κ2) is 5.25. The molecule has 0 aliphatic carbocycles. The molecule has 0 spiro atoms. The number of rotatable bonds is 2. The Bertz CT molecular complexity index is 458. The number of hydrogen-bond acceptors (Lipinski definition) is 2. The molecule has 104 valence electrons. The molecule has 1 heterocycles. The largest absolute Gasteiger partial charge is 0.390 e. The van der Waals surface area contributed by atoms with Crippen LogP contribution in [0.15, 0.2) is 18.2 Å². The summed E-state index contributed by atoms with van der Waals surface area (Å²) >= 11 is 0. The summed E-state index contributed by atoms with van der Waals surface area (Å²) in [5, 5.41) is 9.79. The summed E-state index contributed by atoms with van der Waals surface area (Å²) in [6.07, 6.45) is 0.692. The van der Waals surface area contributed by atoms with Crippen LogP contribution in [-0.2, 0) is 11.2 Å². The minimum Gasteiger partial charge on any atom is -0.390 e. The van der Waals surface area contributed by atoms with Crippen molar-refractivity contribution in [2.45, 2.75) is 31.8 Å². The summed E-state index contributed by atoms with van der Waals surface area (Å²) in [7, 11) is 0. The summed E-state index contributed by atoms with van der Waals surface area (Å²) in [6, 6.07) is 3.57. The second-order valence-electron chi connectivity index (χ2n) is 5.25. The van der Waals surface area contributed by atoms with Crippen molar-refractivity contribution >= 4 is 5.91 Å². The lowest BCUT2D eigenvalue weighted by Crippen LogP contribution is -2.45. The fourth-order valence-electron chi connectivity index (χ4n) is 2.20. The van der Waals surface area contributed by atoms with E-state index in [2.05, 4.69) is 0 Å². The van der Waals surface area contributed by atoms with E-state index in [-0.39, 0.29) is 17.9 Å². The number of nitrogens with zero attached hydrogens (tertiary/aromatic N) is 1. The summed E-state index contributed by atoms with van der Waals surface area (Å²) < 4.78 is 26.9. The third-order valence-corrected chi connectivity index (χ3v) is 3.58. The number of piperidine rings is 1. The zero-order valence-electron chi connectivity index (χ0n) is 10.8. The van der Waals surface area contributed by atoms with Gasteiger partial charge < -0.3 is 10.0 Å². The number of carbonyl (C=O) groups is 1. The minimum atomic E-state index is -0.750. The van der Waals surface area contributed by atoms with Gasteiger partial charge in [-0.15, -0.1) is 0 Å². The van der Waals surface area contributed by atoms with Crippen molar-refractivity contribution in [1.82, 2.24) is 4.90 Å². The zero-order valence-corrected chi connectivity index (χ0v) is 10.8. The van der Waals surface area contributed by atoms with E-state index in [1.165, 1.54) is 6.07 Å². The van der Waals surface area contributed by atoms with Crippen LogP contribution in [0.2, 0.25) is 0 Å². The number of amides is 1. The van der Waals surface area contributed by atoms with Crippen LogP contribution in [0.5, 0.6) is 0 Å². The molecule has 19 heavy (non-hydrogen) atoms. The summed E-state index contributed by atoms with van der Waals surface area (Å²) in [4.78, 5) is 13.5. The quantitative estimate of drug-likeness (QED) is 0.890. The van der Waals surface area contributed by atoms with Gasteiger partial charge in [0.05, 0.1) is 12.0 Å². The van der Waals surface area contributed by atoms with E-state index in [1.54, 1.807) is 11.8 Å². The van der Waals surface area contributed by atoms with E-state index in [0.29, 0.717) is 25.9 Å². The van der Waals surface area contributed by atoms with Crippen LogP contribution in [0.4, 0.5) is 8.78 Å². The van der Waals surface area contributed by atoms with Gasteiger partial charge in [-0.1, -0.05) is 6.07 Å². The normalized spacial score (nSPS) is 18.4. The predicted molar refractivity (Wildman–Crippen MR) is 66.5 cm³/mol. The van der Waals surface area contributed by atoms with E-state index < -0.39 is 17.2 Å². The van der Waals surface area contributed by atoms with Crippen LogP contribution in [0.25, 0.3) is 0 Å². The van der Waals surface area contributed by atoms with Crippen LogP contribution in [0, 0.1) is 11.6 Å². The first-order chi connectivity index (χ1) is 8.89. The Kier molecular flexibility index (Phi) is 3.85. The lowest BCUT2D eigenvalue weighted by atomic mass is 9.93. The van der Waals surface area contributed by atoms with Gasteiger partial charge >= 0.3 is 0 Å². The molecule has 1 aromatic carbocycles. The van der Waals surface area contributed by atoms with E-state index in [0.717, 1.165) is 12.1 Å². The van der Waals surface area contributed by atoms with Crippen LogP contribution in [0.3, 0.4) is 0 Å². The Morgan fingerprint density at radius 1 is 1.32 bits per heavy atom. The fourth-order valence-corrected chi connectivity index (χ4v) is 2.20. The topological polar surface area (TPSA) is 40.5 Å². The average Bonchev–Trinajstić information content (AvgIpc) is 2.33. The minimum absolute atomic E-state index is 0.190. The Morgan fingerprint density at radius 2 is 1.84 bits per heavy atom. The van der Waals surface area contributed by atoms with E-state index >= 15 is 0 Å². The predicted octanol–water partition coefficient (Wildman–Crippen LogP) is 1.88. The van der Waals surface area contributed by atoms with Crippen LogP contribution in [-0.4, -0.2) is 34.6 Å². The maximum absolute atomic E-state index is 13.5. The van der Waals surface area contributed by atoms with Crippen LogP contribution in [0.1, 0.15) is 25.3 Å². The molecule has 1 aliphatic rings. The van der Waals surface area contributed by atoms with Crippen LogP contribution < -0.4 is 0 Å². The van der Waals surface area contributed by atoms with Gasteiger partial charge in [-0.2, -0.15) is 0 Å². The molecule has 0 bridgehead atoms. The molecule has 3 nitrogen and oxygen atoms in total. The molecule has 0 atom stereocenters. The molecule has 0 radical (unpaired) electrons. The molecule has 1 saturated heterocycles. The average molecular weight is 269 g/mol. The zero-order chi connectivity index (χ0) is 14.0. The third-order valence-electron chi connectivity index (χ3n) is 3.58. The number of halogens is 2. The summed E-state index contributed by atoms with van der Waals surface area (Å²) in [5.41, 5.74) is -0.940. The summed E-state index contributed by atoms with van der Waals surface area (Å²) in [6.45, 7) is 2.56. The van der Waals surface area contributed by atoms with Gasteiger partial charge in [-0.3, -0.25) is 4.79 Å².